The summed E-state index contributed by atoms with van der Waals surface area (Å²) < 4.78 is 28.8. The van der Waals surface area contributed by atoms with E-state index >= 15 is 0 Å². The second kappa shape index (κ2) is 11.5. The van der Waals surface area contributed by atoms with E-state index in [0.717, 1.165) is 32.7 Å². The second-order valence-electron chi connectivity index (χ2n) is 6.42. The third-order valence-electron chi connectivity index (χ3n) is 4.45. The van der Waals surface area contributed by atoms with Gasteiger partial charge in [-0.05, 0) is 36.4 Å². The molecule has 158 valence electrons. The van der Waals surface area contributed by atoms with Crippen LogP contribution in [0.15, 0.2) is 48.5 Å². The van der Waals surface area contributed by atoms with E-state index in [4.69, 9.17) is 0 Å². The number of nitrogens with zero attached hydrogens (tertiary/aromatic N) is 1. The lowest BCUT2D eigenvalue weighted by Gasteiger charge is -2.27. The van der Waals surface area contributed by atoms with E-state index in [1.54, 1.807) is 30.3 Å². The van der Waals surface area contributed by atoms with Crippen LogP contribution < -0.4 is 20.7 Å². The molecule has 0 atom stereocenters. The number of rotatable bonds is 8. The standard InChI is InChI=1S/C20H24F2N4O2.ClH/c21-20(22)28-16-7-5-15(6-8-16)25-18-4-2-1-3-17(18)19(27)24-11-14-26-12-9-23-10-13-26;/h1-8,20,23,25H,9-14H2,(H,24,27);1H. The first-order valence-corrected chi connectivity index (χ1v) is 9.24. The topological polar surface area (TPSA) is 65.6 Å². The van der Waals surface area contributed by atoms with E-state index in [1.807, 2.05) is 6.07 Å². The number of nitrogens with one attached hydrogen (secondary N) is 3. The van der Waals surface area contributed by atoms with Gasteiger partial charge in [-0.25, -0.2) is 0 Å². The van der Waals surface area contributed by atoms with Gasteiger partial charge in [-0.15, -0.1) is 12.4 Å². The minimum absolute atomic E-state index is 0. The van der Waals surface area contributed by atoms with Gasteiger partial charge >= 0.3 is 6.61 Å². The zero-order chi connectivity index (χ0) is 19.8. The Morgan fingerprint density at radius 1 is 1.10 bits per heavy atom. The number of ether oxygens (including phenoxy) is 1. The zero-order valence-corrected chi connectivity index (χ0v) is 16.7. The quantitative estimate of drug-likeness (QED) is 0.605. The molecule has 0 bridgehead atoms. The summed E-state index contributed by atoms with van der Waals surface area (Å²) in [6.45, 7) is 2.45. The molecule has 0 spiro atoms. The first kappa shape index (κ1) is 22.9. The SMILES string of the molecule is Cl.O=C(NCCN1CCNCC1)c1ccccc1Nc1ccc(OC(F)F)cc1. The van der Waals surface area contributed by atoms with Crippen LogP contribution in [0.1, 0.15) is 10.4 Å². The summed E-state index contributed by atoms with van der Waals surface area (Å²) in [5, 5.41) is 9.41. The summed E-state index contributed by atoms with van der Waals surface area (Å²) in [5.41, 5.74) is 1.84. The fraction of sp³-hybridized carbons (Fsp3) is 0.350. The van der Waals surface area contributed by atoms with Gasteiger partial charge in [0.1, 0.15) is 5.75 Å². The van der Waals surface area contributed by atoms with Gasteiger partial charge in [0.25, 0.3) is 5.91 Å². The molecule has 1 aliphatic rings. The largest absolute Gasteiger partial charge is 0.435 e. The molecule has 1 fully saturated rings. The molecular formula is C20H25ClF2N4O2. The summed E-state index contributed by atoms with van der Waals surface area (Å²) in [7, 11) is 0. The molecule has 29 heavy (non-hydrogen) atoms. The van der Waals surface area contributed by atoms with Crippen LogP contribution in [0, 0.1) is 0 Å². The number of benzene rings is 2. The molecule has 1 heterocycles. The van der Waals surface area contributed by atoms with Crippen molar-refractivity contribution in [3.8, 4) is 5.75 Å². The average molecular weight is 427 g/mol. The average Bonchev–Trinajstić information content (AvgIpc) is 2.70. The number of amides is 1. The molecular weight excluding hydrogens is 402 g/mol. The third-order valence-corrected chi connectivity index (χ3v) is 4.45. The normalized spacial score (nSPS) is 14.2. The second-order valence-corrected chi connectivity index (χ2v) is 6.42. The van der Waals surface area contributed by atoms with Gasteiger partial charge in [-0.2, -0.15) is 8.78 Å². The van der Waals surface area contributed by atoms with Crippen molar-refractivity contribution < 1.29 is 18.3 Å². The summed E-state index contributed by atoms with van der Waals surface area (Å²) in [6, 6.07) is 13.3. The monoisotopic (exact) mass is 426 g/mol. The number of anilines is 2. The van der Waals surface area contributed by atoms with E-state index in [-0.39, 0.29) is 24.1 Å². The van der Waals surface area contributed by atoms with Gasteiger partial charge in [0, 0.05) is 45.0 Å². The van der Waals surface area contributed by atoms with Gasteiger partial charge in [-0.3, -0.25) is 9.69 Å². The summed E-state index contributed by atoms with van der Waals surface area (Å²) in [6.07, 6.45) is 0. The highest BCUT2D eigenvalue weighted by Gasteiger charge is 2.13. The molecule has 1 aliphatic heterocycles. The van der Waals surface area contributed by atoms with Crippen LogP contribution in [-0.2, 0) is 0 Å². The van der Waals surface area contributed by atoms with Crippen molar-refractivity contribution in [3.05, 3.63) is 54.1 Å². The molecule has 2 aromatic carbocycles. The molecule has 3 rings (SSSR count). The molecule has 6 nitrogen and oxygen atoms in total. The minimum Gasteiger partial charge on any atom is -0.435 e. The Bertz CT molecular complexity index is 771. The summed E-state index contributed by atoms with van der Waals surface area (Å²) in [5.74, 6) is -0.0737. The van der Waals surface area contributed by atoms with Crippen LogP contribution in [0.3, 0.4) is 0 Å². The van der Waals surface area contributed by atoms with Crippen molar-refractivity contribution >= 4 is 29.7 Å². The Kier molecular flexibility index (Phi) is 9.11. The first-order valence-electron chi connectivity index (χ1n) is 9.24. The molecule has 2 aromatic rings. The van der Waals surface area contributed by atoms with Crippen LogP contribution in [0.5, 0.6) is 5.75 Å². The fourth-order valence-corrected chi connectivity index (χ4v) is 3.02. The van der Waals surface area contributed by atoms with Gasteiger partial charge < -0.3 is 20.7 Å². The molecule has 1 saturated heterocycles. The number of hydrogen-bond donors (Lipinski definition) is 3. The highest BCUT2D eigenvalue weighted by atomic mass is 35.5. The summed E-state index contributed by atoms with van der Waals surface area (Å²) >= 11 is 0. The number of halogens is 3. The number of para-hydroxylation sites is 1. The van der Waals surface area contributed by atoms with Crippen molar-refractivity contribution in [2.75, 3.05) is 44.6 Å². The van der Waals surface area contributed by atoms with Crippen molar-refractivity contribution in [1.29, 1.82) is 0 Å². The highest BCUT2D eigenvalue weighted by molar-refractivity contribution is 6.00. The Hall–Kier alpha value is -2.42. The maximum absolute atomic E-state index is 12.6. The van der Waals surface area contributed by atoms with Crippen molar-refractivity contribution in [2.24, 2.45) is 0 Å². The van der Waals surface area contributed by atoms with Crippen LogP contribution >= 0.6 is 12.4 Å². The third kappa shape index (κ3) is 7.16. The lowest BCUT2D eigenvalue weighted by atomic mass is 10.1. The van der Waals surface area contributed by atoms with E-state index in [1.165, 1.54) is 12.1 Å². The molecule has 0 aliphatic carbocycles. The lowest BCUT2D eigenvalue weighted by Crippen LogP contribution is -2.46. The zero-order valence-electron chi connectivity index (χ0n) is 15.9. The van der Waals surface area contributed by atoms with Gasteiger partial charge in [0.15, 0.2) is 0 Å². The number of carbonyl (C=O) groups is 1. The van der Waals surface area contributed by atoms with E-state index in [9.17, 15) is 13.6 Å². The Balaban J connectivity index is 0.00000300. The van der Waals surface area contributed by atoms with Crippen LogP contribution in [0.25, 0.3) is 0 Å². The van der Waals surface area contributed by atoms with Crippen molar-refractivity contribution in [3.63, 3.8) is 0 Å². The minimum atomic E-state index is -2.86. The molecule has 3 N–H and O–H groups in total. The Morgan fingerprint density at radius 2 is 1.79 bits per heavy atom. The maximum atomic E-state index is 12.6. The predicted octanol–water partition coefficient (Wildman–Crippen LogP) is 3.09. The summed E-state index contributed by atoms with van der Waals surface area (Å²) in [4.78, 5) is 14.9. The molecule has 1 amide bonds. The first-order chi connectivity index (χ1) is 13.6. The number of piperazine rings is 1. The van der Waals surface area contributed by atoms with Gasteiger partial charge in [0.2, 0.25) is 0 Å². The van der Waals surface area contributed by atoms with Crippen LogP contribution in [0.2, 0.25) is 0 Å². The van der Waals surface area contributed by atoms with Gasteiger partial charge in [0.05, 0.1) is 11.3 Å². The van der Waals surface area contributed by atoms with Crippen LogP contribution in [-0.4, -0.2) is 56.7 Å². The molecule has 0 unspecified atom stereocenters. The van der Waals surface area contributed by atoms with Crippen molar-refractivity contribution in [2.45, 2.75) is 6.61 Å². The Labute approximate surface area is 175 Å². The predicted molar refractivity (Wildman–Crippen MR) is 112 cm³/mol. The highest BCUT2D eigenvalue weighted by Crippen LogP contribution is 2.23. The lowest BCUT2D eigenvalue weighted by molar-refractivity contribution is -0.0498. The Morgan fingerprint density at radius 3 is 2.48 bits per heavy atom. The molecule has 0 aromatic heterocycles. The molecule has 0 saturated carbocycles. The van der Waals surface area contributed by atoms with E-state index in [0.29, 0.717) is 23.5 Å². The molecule has 9 heteroatoms. The van der Waals surface area contributed by atoms with Crippen molar-refractivity contribution in [1.82, 2.24) is 15.5 Å². The number of alkyl halides is 2. The fourth-order valence-electron chi connectivity index (χ4n) is 3.02. The smallest absolute Gasteiger partial charge is 0.387 e. The van der Waals surface area contributed by atoms with Gasteiger partial charge in [-0.1, -0.05) is 12.1 Å². The molecule has 0 radical (unpaired) electrons. The maximum Gasteiger partial charge on any atom is 0.387 e. The number of carbonyl (C=O) groups excluding carboxylic acids is 1. The van der Waals surface area contributed by atoms with E-state index in [2.05, 4.69) is 25.6 Å². The van der Waals surface area contributed by atoms with Crippen LogP contribution in [0.4, 0.5) is 20.2 Å². The number of hydrogen-bond acceptors (Lipinski definition) is 5. The van der Waals surface area contributed by atoms with E-state index < -0.39 is 6.61 Å².